The summed E-state index contributed by atoms with van der Waals surface area (Å²) in [6, 6.07) is 2.00. The highest BCUT2D eigenvalue weighted by molar-refractivity contribution is 7.16. The van der Waals surface area contributed by atoms with E-state index in [2.05, 4.69) is 25.9 Å². The average Bonchev–Trinajstić information content (AvgIpc) is 3.21. The summed E-state index contributed by atoms with van der Waals surface area (Å²) in [4.78, 5) is 21.3. The number of hydrogen-bond acceptors (Lipinski definition) is 6. The van der Waals surface area contributed by atoms with Crippen LogP contribution in [0.15, 0.2) is 11.4 Å². The maximum Gasteiger partial charge on any atom is 0.225 e. The average molecular weight is 291 g/mol. The molecule has 3 rings (SSSR count). The molecule has 2 heterocycles. The van der Waals surface area contributed by atoms with Gasteiger partial charge in [-0.25, -0.2) is 4.98 Å². The van der Waals surface area contributed by atoms with Crippen molar-refractivity contribution in [1.82, 2.24) is 15.3 Å². The highest BCUT2D eigenvalue weighted by Crippen LogP contribution is 2.28. The van der Waals surface area contributed by atoms with Gasteiger partial charge in [0.15, 0.2) is 0 Å². The molecule has 1 fully saturated rings. The Morgan fingerprint density at radius 3 is 3.00 bits per heavy atom. The Kier molecular flexibility index (Phi) is 3.68. The molecule has 0 radical (unpaired) electrons. The zero-order valence-electron chi connectivity index (χ0n) is 11.3. The molecule has 6 nitrogen and oxygen atoms in total. The molecule has 7 heteroatoms. The van der Waals surface area contributed by atoms with Crippen LogP contribution in [-0.2, 0) is 4.79 Å². The fraction of sp³-hybridized carbons (Fsp3) is 0.462. The minimum Gasteiger partial charge on any atom is -0.368 e. The first-order valence-corrected chi connectivity index (χ1v) is 7.60. The second kappa shape index (κ2) is 5.62. The Morgan fingerprint density at radius 1 is 1.40 bits per heavy atom. The van der Waals surface area contributed by atoms with Gasteiger partial charge in [0.25, 0.3) is 0 Å². The molecule has 0 saturated heterocycles. The van der Waals surface area contributed by atoms with Crippen LogP contribution in [0.2, 0.25) is 0 Å². The summed E-state index contributed by atoms with van der Waals surface area (Å²) < 4.78 is 0. The minimum atomic E-state index is 0.172. The second-order valence-corrected chi connectivity index (χ2v) is 5.67. The monoisotopic (exact) mass is 291 g/mol. The van der Waals surface area contributed by atoms with Crippen molar-refractivity contribution in [3.05, 3.63) is 11.4 Å². The molecule has 2 aromatic heterocycles. The number of carbonyl (C=O) groups is 1. The fourth-order valence-corrected chi connectivity index (χ4v) is 2.72. The van der Waals surface area contributed by atoms with Gasteiger partial charge in [-0.1, -0.05) is 0 Å². The molecule has 106 valence electrons. The minimum absolute atomic E-state index is 0.172. The third kappa shape index (κ3) is 2.82. The highest BCUT2D eigenvalue weighted by Gasteiger charge is 2.28. The number of nitrogens with one attached hydrogen (secondary N) is 3. The van der Waals surface area contributed by atoms with E-state index in [0.29, 0.717) is 19.0 Å². The van der Waals surface area contributed by atoms with E-state index in [1.54, 1.807) is 18.4 Å². The third-order valence-corrected chi connectivity index (χ3v) is 4.02. The molecule has 0 bridgehead atoms. The fourth-order valence-electron chi connectivity index (χ4n) is 1.96. The van der Waals surface area contributed by atoms with E-state index in [1.165, 1.54) is 0 Å². The predicted molar refractivity (Wildman–Crippen MR) is 81.2 cm³/mol. The number of nitrogens with zero attached hydrogens (tertiary/aromatic N) is 2. The number of thiophene rings is 1. The first kappa shape index (κ1) is 13.1. The lowest BCUT2D eigenvalue weighted by atomic mass is 10.3. The lowest BCUT2D eigenvalue weighted by Gasteiger charge is -2.09. The molecule has 0 aliphatic heterocycles. The van der Waals surface area contributed by atoms with Crippen LogP contribution in [0, 0.1) is 5.92 Å². The van der Waals surface area contributed by atoms with E-state index in [1.807, 2.05) is 11.4 Å². The molecule has 1 aliphatic rings. The first-order chi connectivity index (χ1) is 9.78. The summed E-state index contributed by atoms with van der Waals surface area (Å²) in [6.45, 7) is 1.27. The van der Waals surface area contributed by atoms with E-state index in [0.717, 1.165) is 28.9 Å². The van der Waals surface area contributed by atoms with Gasteiger partial charge in [-0.2, -0.15) is 4.98 Å². The molecule has 1 aliphatic carbocycles. The van der Waals surface area contributed by atoms with Gasteiger partial charge in [-0.05, 0) is 24.3 Å². The maximum atomic E-state index is 11.5. The normalized spacial score (nSPS) is 14.2. The van der Waals surface area contributed by atoms with Crippen LogP contribution in [0.4, 0.5) is 11.8 Å². The number of aromatic nitrogens is 2. The summed E-state index contributed by atoms with van der Waals surface area (Å²) in [7, 11) is 1.80. The molecule has 0 spiro atoms. The number of hydrogen-bond donors (Lipinski definition) is 3. The Balaban J connectivity index is 1.61. The smallest absolute Gasteiger partial charge is 0.225 e. The quantitative estimate of drug-likeness (QED) is 0.706. The molecule has 2 aromatic rings. The van der Waals surface area contributed by atoms with Crippen molar-refractivity contribution >= 4 is 39.2 Å². The van der Waals surface area contributed by atoms with Crippen molar-refractivity contribution in [2.75, 3.05) is 30.8 Å². The predicted octanol–water partition coefficient (Wildman–Crippen LogP) is 1.67. The lowest BCUT2D eigenvalue weighted by molar-refractivity contribution is -0.122. The third-order valence-electron chi connectivity index (χ3n) is 3.21. The molecule has 1 saturated carbocycles. The number of amides is 1. The van der Waals surface area contributed by atoms with Crippen molar-refractivity contribution < 1.29 is 4.79 Å². The molecular weight excluding hydrogens is 274 g/mol. The van der Waals surface area contributed by atoms with Gasteiger partial charge in [0, 0.05) is 26.1 Å². The van der Waals surface area contributed by atoms with Crippen LogP contribution < -0.4 is 16.0 Å². The van der Waals surface area contributed by atoms with E-state index in [9.17, 15) is 4.79 Å². The largest absolute Gasteiger partial charge is 0.368 e. The molecular formula is C13H17N5OS. The molecule has 0 unspecified atom stereocenters. The van der Waals surface area contributed by atoms with Gasteiger partial charge in [0.05, 0.1) is 5.39 Å². The zero-order valence-corrected chi connectivity index (χ0v) is 12.1. The molecule has 3 N–H and O–H groups in total. The lowest BCUT2D eigenvalue weighted by Crippen LogP contribution is -2.30. The summed E-state index contributed by atoms with van der Waals surface area (Å²) in [5.74, 6) is 1.84. The van der Waals surface area contributed by atoms with Gasteiger partial charge in [0.2, 0.25) is 11.9 Å². The topological polar surface area (TPSA) is 78.9 Å². The van der Waals surface area contributed by atoms with Gasteiger partial charge >= 0.3 is 0 Å². The summed E-state index contributed by atoms with van der Waals surface area (Å²) in [6.07, 6.45) is 2.07. The number of fused-ring (bicyclic) bond motifs is 1. The van der Waals surface area contributed by atoms with Crippen LogP contribution in [0.5, 0.6) is 0 Å². The maximum absolute atomic E-state index is 11.5. The molecule has 1 amide bonds. The Labute approximate surface area is 121 Å². The zero-order chi connectivity index (χ0) is 13.9. The van der Waals surface area contributed by atoms with Crippen molar-refractivity contribution in [3.63, 3.8) is 0 Å². The van der Waals surface area contributed by atoms with E-state index in [-0.39, 0.29) is 11.8 Å². The first-order valence-electron chi connectivity index (χ1n) is 6.72. The second-order valence-electron chi connectivity index (χ2n) is 4.78. The van der Waals surface area contributed by atoms with E-state index in [4.69, 9.17) is 0 Å². The van der Waals surface area contributed by atoms with Gasteiger partial charge in [-0.3, -0.25) is 4.79 Å². The standard InChI is InChI=1S/C13H17N5OS/c1-14-13-17-10(9-4-7-20-12(9)18-13)15-5-6-16-11(19)8-2-3-8/h4,7-8H,2-3,5-6H2,1H3,(H,16,19)(H2,14,15,17,18). The van der Waals surface area contributed by atoms with E-state index >= 15 is 0 Å². The Morgan fingerprint density at radius 2 is 2.25 bits per heavy atom. The van der Waals surface area contributed by atoms with Crippen molar-refractivity contribution in [2.24, 2.45) is 5.92 Å². The number of carbonyl (C=O) groups excluding carboxylic acids is 1. The van der Waals surface area contributed by atoms with Gasteiger partial charge in [0.1, 0.15) is 10.6 Å². The van der Waals surface area contributed by atoms with Crippen LogP contribution in [-0.4, -0.2) is 36.0 Å². The number of anilines is 2. The van der Waals surface area contributed by atoms with Crippen LogP contribution >= 0.6 is 11.3 Å². The molecule has 0 aromatic carbocycles. The van der Waals surface area contributed by atoms with Crippen molar-refractivity contribution in [2.45, 2.75) is 12.8 Å². The summed E-state index contributed by atoms with van der Waals surface area (Å²) in [5, 5.41) is 12.2. The molecule has 20 heavy (non-hydrogen) atoms. The van der Waals surface area contributed by atoms with Crippen LogP contribution in [0.1, 0.15) is 12.8 Å². The van der Waals surface area contributed by atoms with Crippen LogP contribution in [0.3, 0.4) is 0 Å². The summed E-state index contributed by atoms with van der Waals surface area (Å²) in [5.41, 5.74) is 0. The Bertz CT molecular complexity index is 622. The van der Waals surface area contributed by atoms with Crippen molar-refractivity contribution in [1.29, 1.82) is 0 Å². The molecule has 0 atom stereocenters. The van der Waals surface area contributed by atoms with Gasteiger partial charge < -0.3 is 16.0 Å². The Hall–Kier alpha value is -1.89. The van der Waals surface area contributed by atoms with Crippen LogP contribution in [0.25, 0.3) is 10.2 Å². The summed E-state index contributed by atoms with van der Waals surface area (Å²) >= 11 is 1.59. The number of rotatable bonds is 6. The van der Waals surface area contributed by atoms with Gasteiger partial charge in [-0.15, -0.1) is 11.3 Å². The van der Waals surface area contributed by atoms with Crippen molar-refractivity contribution in [3.8, 4) is 0 Å². The highest BCUT2D eigenvalue weighted by atomic mass is 32.1. The van der Waals surface area contributed by atoms with E-state index < -0.39 is 0 Å². The SMILES string of the molecule is CNc1nc(NCCNC(=O)C2CC2)c2ccsc2n1.